The molecule has 5 nitrogen and oxygen atoms in total. The van der Waals surface area contributed by atoms with E-state index in [1.54, 1.807) is 22.1 Å². The molecule has 1 unspecified atom stereocenters. The molecule has 1 aliphatic heterocycles. The average molecular weight is 374 g/mol. The molecule has 1 saturated heterocycles. The molecule has 0 N–H and O–H groups in total. The number of sulfonamides is 1. The van der Waals surface area contributed by atoms with Crippen LogP contribution in [0.25, 0.3) is 11.0 Å². The number of para-hydroxylation sites is 1. The molecule has 1 atom stereocenters. The first-order chi connectivity index (χ1) is 12.0. The van der Waals surface area contributed by atoms with E-state index in [4.69, 9.17) is 4.52 Å². The van der Waals surface area contributed by atoms with Crippen molar-refractivity contribution in [1.82, 2.24) is 9.46 Å². The fourth-order valence-corrected chi connectivity index (χ4v) is 6.37. The van der Waals surface area contributed by atoms with Gasteiger partial charge in [-0.1, -0.05) is 47.1 Å². The molecule has 7 heteroatoms. The molecule has 0 radical (unpaired) electrons. The van der Waals surface area contributed by atoms with Gasteiger partial charge < -0.3 is 4.52 Å². The summed E-state index contributed by atoms with van der Waals surface area (Å²) < 4.78 is 32.9. The van der Waals surface area contributed by atoms with Gasteiger partial charge in [-0.3, -0.25) is 0 Å². The van der Waals surface area contributed by atoms with Crippen LogP contribution in [-0.4, -0.2) is 30.2 Å². The molecule has 1 aromatic heterocycles. The van der Waals surface area contributed by atoms with Crippen LogP contribution in [0, 0.1) is 6.92 Å². The molecule has 0 spiro atoms. The van der Waals surface area contributed by atoms with Crippen molar-refractivity contribution in [3.8, 4) is 0 Å². The molecule has 1 aliphatic rings. The zero-order valence-corrected chi connectivity index (χ0v) is 15.4. The summed E-state index contributed by atoms with van der Waals surface area (Å²) in [7, 11) is -3.49. The molecule has 2 aromatic carbocycles. The largest absolute Gasteiger partial charge is 0.356 e. The van der Waals surface area contributed by atoms with Crippen molar-refractivity contribution < 1.29 is 12.9 Å². The average Bonchev–Trinajstić information content (AvgIpc) is 3.24. The summed E-state index contributed by atoms with van der Waals surface area (Å²) in [5.74, 6) is 0.643. The maximum Gasteiger partial charge on any atom is 0.221 e. The third-order valence-electron chi connectivity index (χ3n) is 4.34. The standard InChI is InChI=1S/C18H18N2O3S2/c1-13-6-8-14(9-7-13)18-20(10-11-24-18)25(21,22)12-16-15-4-2-3-5-17(15)23-19-16/h2-9,18H,10-12H2,1H3. The summed E-state index contributed by atoms with van der Waals surface area (Å²) in [5, 5.41) is 4.55. The molecule has 1 fully saturated rings. The van der Waals surface area contributed by atoms with Crippen LogP contribution in [0.5, 0.6) is 0 Å². The lowest BCUT2D eigenvalue weighted by atomic mass is 10.1. The van der Waals surface area contributed by atoms with E-state index in [0.717, 1.165) is 22.3 Å². The van der Waals surface area contributed by atoms with E-state index in [-0.39, 0.29) is 11.1 Å². The van der Waals surface area contributed by atoms with Crippen molar-refractivity contribution in [2.24, 2.45) is 0 Å². The molecule has 0 bridgehead atoms. The van der Waals surface area contributed by atoms with Crippen LogP contribution in [-0.2, 0) is 15.8 Å². The lowest BCUT2D eigenvalue weighted by Gasteiger charge is -2.23. The second kappa shape index (κ2) is 6.48. The van der Waals surface area contributed by atoms with Gasteiger partial charge in [-0.15, -0.1) is 11.8 Å². The minimum absolute atomic E-state index is 0.146. The van der Waals surface area contributed by atoms with Gasteiger partial charge >= 0.3 is 0 Å². The minimum Gasteiger partial charge on any atom is -0.356 e. The number of thioether (sulfide) groups is 1. The van der Waals surface area contributed by atoms with Crippen molar-refractivity contribution in [2.45, 2.75) is 18.1 Å². The van der Waals surface area contributed by atoms with Gasteiger partial charge in [0.2, 0.25) is 10.0 Å². The summed E-state index contributed by atoms with van der Waals surface area (Å²) >= 11 is 1.66. The van der Waals surface area contributed by atoms with Crippen LogP contribution in [0.3, 0.4) is 0 Å². The van der Waals surface area contributed by atoms with Crippen LogP contribution in [0.2, 0.25) is 0 Å². The number of aryl methyl sites for hydroxylation is 1. The maximum atomic E-state index is 13.0. The highest BCUT2D eigenvalue weighted by Gasteiger charge is 2.36. The third-order valence-corrected chi connectivity index (χ3v) is 7.48. The fraction of sp³-hybridized carbons (Fsp3) is 0.278. The molecule has 0 saturated carbocycles. The van der Waals surface area contributed by atoms with Gasteiger partial charge in [0.25, 0.3) is 0 Å². The highest BCUT2D eigenvalue weighted by Crippen LogP contribution is 2.40. The predicted molar refractivity (Wildman–Crippen MR) is 99.7 cm³/mol. The topological polar surface area (TPSA) is 63.4 Å². The van der Waals surface area contributed by atoms with E-state index in [0.29, 0.717) is 17.8 Å². The summed E-state index contributed by atoms with van der Waals surface area (Å²) in [6.07, 6.45) is 0. The van der Waals surface area contributed by atoms with E-state index in [2.05, 4.69) is 5.16 Å². The van der Waals surface area contributed by atoms with Crippen molar-refractivity contribution in [1.29, 1.82) is 0 Å². The Morgan fingerprint density at radius 1 is 1.20 bits per heavy atom. The summed E-state index contributed by atoms with van der Waals surface area (Å²) in [6.45, 7) is 2.54. The zero-order valence-electron chi connectivity index (χ0n) is 13.8. The Balaban J connectivity index is 1.63. The van der Waals surface area contributed by atoms with E-state index in [1.807, 2.05) is 49.4 Å². The second-order valence-corrected chi connectivity index (χ2v) is 9.24. The maximum absolute atomic E-state index is 13.0. The predicted octanol–water partition coefficient (Wildman–Crippen LogP) is 3.71. The Morgan fingerprint density at radius 3 is 2.76 bits per heavy atom. The molecule has 0 aliphatic carbocycles. The Morgan fingerprint density at radius 2 is 1.96 bits per heavy atom. The number of rotatable bonds is 4. The van der Waals surface area contributed by atoms with Crippen molar-refractivity contribution in [2.75, 3.05) is 12.3 Å². The third kappa shape index (κ3) is 3.19. The smallest absolute Gasteiger partial charge is 0.221 e. The van der Waals surface area contributed by atoms with E-state index in [1.165, 1.54) is 0 Å². The van der Waals surface area contributed by atoms with Crippen LogP contribution >= 0.6 is 11.8 Å². The van der Waals surface area contributed by atoms with E-state index in [9.17, 15) is 8.42 Å². The molecule has 3 aromatic rings. The Hall–Kier alpha value is -1.83. The van der Waals surface area contributed by atoms with Crippen molar-refractivity contribution in [3.05, 3.63) is 65.4 Å². The lowest BCUT2D eigenvalue weighted by molar-refractivity contribution is 0.427. The van der Waals surface area contributed by atoms with Crippen LogP contribution in [0.15, 0.2) is 53.1 Å². The van der Waals surface area contributed by atoms with Gasteiger partial charge in [0, 0.05) is 17.7 Å². The zero-order chi connectivity index (χ0) is 17.4. The Kier molecular flexibility index (Phi) is 4.31. The normalized spacial score (nSPS) is 18.8. The Labute approximate surface area is 151 Å². The Bertz CT molecular complexity index is 997. The molecule has 4 rings (SSSR count). The SMILES string of the molecule is Cc1ccc(C2SCCN2S(=O)(=O)Cc2noc3ccccc23)cc1. The van der Waals surface area contributed by atoms with Crippen molar-refractivity contribution >= 4 is 32.8 Å². The molecule has 2 heterocycles. The van der Waals surface area contributed by atoms with E-state index < -0.39 is 10.0 Å². The first kappa shape index (κ1) is 16.6. The second-order valence-electron chi connectivity index (χ2n) is 6.13. The van der Waals surface area contributed by atoms with E-state index >= 15 is 0 Å². The number of hydrogen-bond acceptors (Lipinski definition) is 5. The van der Waals surface area contributed by atoms with Gasteiger partial charge in [-0.2, -0.15) is 4.31 Å². The minimum atomic E-state index is -3.49. The van der Waals surface area contributed by atoms with Crippen LogP contribution in [0.4, 0.5) is 0 Å². The number of nitrogens with zero attached hydrogens (tertiary/aromatic N) is 2. The quantitative estimate of drug-likeness (QED) is 0.696. The summed E-state index contributed by atoms with van der Waals surface area (Å²) in [6, 6.07) is 15.4. The van der Waals surface area contributed by atoms with Crippen LogP contribution < -0.4 is 0 Å². The first-order valence-corrected chi connectivity index (χ1v) is 10.7. The molecule has 0 amide bonds. The van der Waals surface area contributed by atoms with Crippen LogP contribution in [0.1, 0.15) is 22.2 Å². The highest BCUT2D eigenvalue weighted by molar-refractivity contribution is 8.00. The number of benzene rings is 2. The van der Waals surface area contributed by atoms with Gasteiger partial charge in [0.05, 0.1) is 5.37 Å². The highest BCUT2D eigenvalue weighted by atomic mass is 32.2. The number of aromatic nitrogens is 1. The van der Waals surface area contributed by atoms with Crippen molar-refractivity contribution in [3.63, 3.8) is 0 Å². The monoisotopic (exact) mass is 374 g/mol. The molecular weight excluding hydrogens is 356 g/mol. The van der Waals surface area contributed by atoms with Gasteiger partial charge in [0.15, 0.2) is 5.58 Å². The molecular formula is C18H18N2O3S2. The number of fused-ring (bicyclic) bond motifs is 1. The van der Waals surface area contributed by atoms with Gasteiger partial charge in [-0.05, 0) is 24.6 Å². The fourth-order valence-electron chi connectivity index (χ4n) is 3.03. The number of hydrogen-bond donors (Lipinski definition) is 0. The first-order valence-electron chi connectivity index (χ1n) is 8.05. The lowest BCUT2D eigenvalue weighted by Crippen LogP contribution is -2.31. The molecule has 25 heavy (non-hydrogen) atoms. The summed E-state index contributed by atoms with van der Waals surface area (Å²) in [4.78, 5) is 0. The van der Waals surface area contributed by atoms with Gasteiger partial charge in [-0.25, -0.2) is 8.42 Å². The molecule has 130 valence electrons. The summed E-state index contributed by atoms with van der Waals surface area (Å²) in [5.41, 5.74) is 3.26. The van der Waals surface area contributed by atoms with Gasteiger partial charge in [0.1, 0.15) is 11.4 Å².